The highest BCUT2D eigenvalue weighted by Gasteiger charge is 2.14. The molecule has 0 aliphatic rings. The number of hydrogen-bond donors (Lipinski definition) is 2. The molecule has 96 valence electrons. The molecule has 18 heavy (non-hydrogen) atoms. The summed E-state index contributed by atoms with van der Waals surface area (Å²) in [7, 11) is 0. The summed E-state index contributed by atoms with van der Waals surface area (Å²) in [6.45, 7) is 6.79. The lowest BCUT2D eigenvalue weighted by Crippen LogP contribution is -2.17. The van der Waals surface area contributed by atoms with E-state index in [4.69, 9.17) is 0 Å². The molecule has 2 N–H and O–H groups in total. The Morgan fingerprint density at radius 2 is 2.28 bits per heavy atom. The smallest absolute Gasteiger partial charge is 0.273 e. The molecular weight excluding hydrogens is 228 g/mol. The van der Waals surface area contributed by atoms with Crippen LogP contribution in [0.3, 0.4) is 0 Å². The molecule has 2 aromatic rings. The first-order valence-corrected chi connectivity index (χ1v) is 6.11. The van der Waals surface area contributed by atoms with Gasteiger partial charge in [-0.2, -0.15) is 5.10 Å². The number of aromatic nitrogens is 3. The van der Waals surface area contributed by atoms with Crippen molar-refractivity contribution in [2.45, 2.75) is 33.7 Å². The summed E-state index contributed by atoms with van der Waals surface area (Å²) in [6.07, 6.45) is 2.91. The standard InChI is InChI=1S/C13H18N4O/c1-4-7-17-8-5-6-11(17)13(18)14-12-9(2)10(3)15-16-12/h5-6,8H,4,7H2,1-3H3,(H2,14,15,16,18). The van der Waals surface area contributed by atoms with Crippen LogP contribution in [-0.4, -0.2) is 20.7 Å². The molecule has 0 aromatic carbocycles. The van der Waals surface area contributed by atoms with E-state index in [2.05, 4.69) is 22.4 Å². The average molecular weight is 246 g/mol. The van der Waals surface area contributed by atoms with Crippen LogP contribution in [0.4, 0.5) is 5.82 Å². The second-order valence-electron chi connectivity index (χ2n) is 4.36. The van der Waals surface area contributed by atoms with Crippen LogP contribution in [0.2, 0.25) is 0 Å². The van der Waals surface area contributed by atoms with Crippen LogP contribution >= 0.6 is 0 Å². The maximum absolute atomic E-state index is 12.1. The van der Waals surface area contributed by atoms with Crippen molar-refractivity contribution in [2.75, 3.05) is 5.32 Å². The van der Waals surface area contributed by atoms with E-state index in [0.717, 1.165) is 24.2 Å². The molecule has 2 rings (SSSR count). The molecule has 0 atom stereocenters. The van der Waals surface area contributed by atoms with Crippen LogP contribution in [-0.2, 0) is 6.54 Å². The third-order valence-electron chi connectivity index (χ3n) is 3.01. The van der Waals surface area contributed by atoms with Crippen molar-refractivity contribution in [3.63, 3.8) is 0 Å². The summed E-state index contributed by atoms with van der Waals surface area (Å²) in [4.78, 5) is 12.1. The fourth-order valence-electron chi connectivity index (χ4n) is 1.83. The van der Waals surface area contributed by atoms with Crippen LogP contribution in [0.5, 0.6) is 0 Å². The molecule has 0 spiro atoms. The number of rotatable bonds is 4. The van der Waals surface area contributed by atoms with Crippen molar-refractivity contribution in [2.24, 2.45) is 0 Å². The van der Waals surface area contributed by atoms with Crippen molar-refractivity contribution in [1.29, 1.82) is 0 Å². The summed E-state index contributed by atoms with van der Waals surface area (Å²) in [5.41, 5.74) is 2.60. The first-order valence-electron chi connectivity index (χ1n) is 6.11. The molecule has 0 aliphatic carbocycles. The Kier molecular flexibility index (Phi) is 3.50. The maximum atomic E-state index is 12.1. The molecule has 0 unspecified atom stereocenters. The number of H-pyrrole nitrogens is 1. The first kappa shape index (κ1) is 12.4. The van der Waals surface area contributed by atoms with Gasteiger partial charge in [-0.15, -0.1) is 0 Å². The highest BCUT2D eigenvalue weighted by Crippen LogP contribution is 2.15. The molecule has 0 radical (unpaired) electrons. The summed E-state index contributed by atoms with van der Waals surface area (Å²) in [5.74, 6) is 0.477. The molecule has 0 aliphatic heterocycles. The van der Waals surface area contributed by atoms with Gasteiger partial charge in [0.2, 0.25) is 0 Å². The van der Waals surface area contributed by atoms with Crippen molar-refractivity contribution in [3.05, 3.63) is 35.3 Å². The number of nitrogens with one attached hydrogen (secondary N) is 2. The number of anilines is 1. The maximum Gasteiger partial charge on any atom is 0.273 e. The number of amides is 1. The molecule has 5 nitrogen and oxygen atoms in total. The van der Waals surface area contributed by atoms with Crippen molar-refractivity contribution >= 4 is 11.7 Å². The minimum absolute atomic E-state index is 0.122. The molecule has 0 fully saturated rings. The highest BCUT2D eigenvalue weighted by atomic mass is 16.2. The summed E-state index contributed by atoms with van der Waals surface area (Å²) < 4.78 is 1.95. The molecule has 2 aromatic heterocycles. The zero-order valence-corrected chi connectivity index (χ0v) is 10.9. The van der Waals surface area contributed by atoms with Gasteiger partial charge in [0.05, 0.1) is 0 Å². The van der Waals surface area contributed by atoms with Crippen molar-refractivity contribution < 1.29 is 4.79 Å². The lowest BCUT2D eigenvalue weighted by Gasteiger charge is -2.07. The van der Waals surface area contributed by atoms with Gasteiger partial charge in [-0.1, -0.05) is 6.92 Å². The Hall–Kier alpha value is -2.04. The van der Waals surface area contributed by atoms with E-state index in [-0.39, 0.29) is 5.91 Å². The average Bonchev–Trinajstić information content (AvgIpc) is 2.92. The van der Waals surface area contributed by atoms with Gasteiger partial charge in [-0.05, 0) is 32.4 Å². The highest BCUT2D eigenvalue weighted by molar-refractivity contribution is 6.03. The van der Waals surface area contributed by atoms with E-state index in [1.165, 1.54) is 0 Å². The van der Waals surface area contributed by atoms with Gasteiger partial charge in [0, 0.05) is 24.0 Å². The van der Waals surface area contributed by atoms with Crippen LogP contribution in [0.25, 0.3) is 0 Å². The van der Waals surface area contributed by atoms with Gasteiger partial charge in [-0.25, -0.2) is 0 Å². The van der Waals surface area contributed by atoms with Gasteiger partial charge in [0.15, 0.2) is 5.82 Å². The molecule has 2 heterocycles. The Morgan fingerprint density at radius 3 is 2.89 bits per heavy atom. The minimum Gasteiger partial charge on any atom is -0.344 e. The lowest BCUT2D eigenvalue weighted by molar-refractivity contribution is 0.101. The van der Waals surface area contributed by atoms with E-state index < -0.39 is 0 Å². The molecule has 5 heteroatoms. The van der Waals surface area contributed by atoms with Gasteiger partial charge >= 0.3 is 0 Å². The normalized spacial score (nSPS) is 10.6. The number of hydrogen-bond acceptors (Lipinski definition) is 2. The topological polar surface area (TPSA) is 62.7 Å². The quantitative estimate of drug-likeness (QED) is 0.870. The first-order chi connectivity index (χ1) is 8.63. The lowest BCUT2D eigenvalue weighted by atomic mass is 10.2. The second kappa shape index (κ2) is 5.08. The van der Waals surface area contributed by atoms with Crippen LogP contribution < -0.4 is 5.32 Å². The molecule has 0 bridgehead atoms. The SMILES string of the molecule is CCCn1cccc1C(=O)Nc1n[nH]c(C)c1C. The van der Waals surface area contributed by atoms with E-state index in [1.54, 1.807) is 0 Å². The Bertz CT molecular complexity index is 553. The number of aromatic amines is 1. The van der Waals surface area contributed by atoms with E-state index in [1.807, 2.05) is 36.7 Å². The Labute approximate surface area is 106 Å². The zero-order chi connectivity index (χ0) is 13.1. The van der Waals surface area contributed by atoms with Crippen LogP contribution in [0.15, 0.2) is 18.3 Å². The van der Waals surface area contributed by atoms with Gasteiger partial charge in [0.1, 0.15) is 5.69 Å². The molecule has 1 amide bonds. The van der Waals surface area contributed by atoms with E-state index >= 15 is 0 Å². The fraction of sp³-hybridized carbons (Fsp3) is 0.385. The monoisotopic (exact) mass is 246 g/mol. The molecule has 0 saturated heterocycles. The predicted molar refractivity (Wildman–Crippen MR) is 70.7 cm³/mol. The van der Waals surface area contributed by atoms with E-state index in [9.17, 15) is 4.79 Å². The number of carbonyl (C=O) groups is 1. The van der Waals surface area contributed by atoms with Crippen molar-refractivity contribution in [3.8, 4) is 0 Å². The predicted octanol–water partition coefficient (Wildman–Crippen LogP) is 2.49. The van der Waals surface area contributed by atoms with Crippen LogP contribution in [0, 0.1) is 13.8 Å². The Morgan fingerprint density at radius 1 is 1.50 bits per heavy atom. The third kappa shape index (κ3) is 2.30. The number of aryl methyl sites for hydroxylation is 2. The van der Waals surface area contributed by atoms with Crippen molar-refractivity contribution in [1.82, 2.24) is 14.8 Å². The summed E-state index contributed by atoms with van der Waals surface area (Å²) in [6, 6.07) is 3.70. The number of carbonyl (C=O) groups excluding carboxylic acids is 1. The largest absolute Gasteiger partial charge is 0.344 e. The third-order valence-corrected chi connectivity index (χ3v) is 3.01. The van der Waals surface area contributed by atoms with Gasteiger partial charge in [-0.3, -0.25) is 9.89 Å². The fourth-order valence-corrected chi connectivity index (χ4v) is 1.83. The Balaban J connectivity index is 2.17. The number of nitrogens with zero attached hydrogens (tertiary/aromatic N) is 2. The second-order valence-corrected chi connectivity index (χ2v) is 4.36. The summed E-state index contributed by atoms with van der Waals surface area (Å²) in [5, 5.41) is 9.76. The van der Waals surface area contributed by atoms with Crippen LogP contribution in [0.1, 0.15) is 35.1 Å². The molecule has 0 saturated carbocycles. The van der Waals surface area contributed by atoms with Gasteiger partial charge < -0.3 is 9.88 Å². The van der Waals surface area contributed by atoms with Gasteiger partial charge in [0.25, 0.3) is 5.91 Å². The summed E-state index contributed by atoms with van der Waals surface area (Å²) >= 11 is 0. The minimum atomic E-state index is -0.122. The van der Waals surface area contributed by atoms with E-state index in [0.29, 0.717) is 11.5 Å². The zero-order valence-electron chi connectivity index (χ0n) is 10.9. The molecular formula is C13H18N4O.